The Kier molecular flexibility index (Phi) is 4.22. The van der Waals surface area contributed by atoms with E-state index in [1.54, 1.807) is 12.1 Å². The Morgan fingerprint density at radius 3 is 2.39 bits per heavy atom. The number of carbonyl (C=O) groups excluding carboxylic acids is 1. The first kappa shape index (κ1) is 15.7. The van der Waals surface area contributed by atoms with Gasteiger partial charge in [-0.05, 0) is 42.5 Å². The van der Waals surface area contributed by atoms with Gasteiger partial charge in [0.1, 0.15) is 0 Å². The summed E-state index contributed by atoms with van der Waals surface area (Å²) < 4.78 is 23.3. The molecule has 0 spiro atoms. The van der Waals surface area contributed by atoms with E-state index < -0.39 is 9.84 Å². The molecule has 4 nitrogen and oxygen atoms in total. The Morgan fingerprint density at radius 1 is 1.09 bits per heavy atom. The lowest BCUT2D eigenvalue weighted by molar-refractivity contribution is 0.0931. The summed E-state index contributed by atoms with van der Waals surface area (Å²) >= 11 is 0. The van der Waals surface area contributed by atoms with E-state index in [-0.39, 0.29) is 16.8 Å². The first-order valence-electron chi connectivity index (χ1n) is 7.61. The second kappa shape index (κ2) is 6.16. The molecule has 0 heterocycles. The molecule has 2 aromatic rings. The van der Waals surface area contributed by atoms with E-state index in [1.807, 2.05) is 30.3 Å². The molecule has 1 amide bonds. The minimum Gasteiger partial charge on any atom is -0.345 e. The predicted octanol–water partition coefficient (Wildman–Crippen LogP) is 2.97. The highest BCUT2D eigenvalue weighted by molar-refractivity contribution is 7.90. The number of hydrogen-bond acceptors (Lipinski definition) is 3. The van der Waals surface area contributed by atoms with Crippen LogP contribution in [-0.2, 0) is 9.84 Å². The number of rotatable bonds is 5. The molecule has 1 saturated carbocycles. The lowest BCUT2D eigenvalue weighted by Gasteiger charge is -2.19. The van der Waals surface area contributed by atoms with Gasteiger partial charge in [0.25, 0.3) is 5.91 Å². The topological polar surface area (TPSA) is 63.2 Å². The van der Waals surface area contributed by atoms with Crippen LogP contribution in [0.2, 0.25) is 0 Å². The van der Waals surface area contributed by atoms with Crippen LogP contribution in [0.1, 0.15) is 34.8 Å². The standard InChI is InChI=1S/C18H19NO3S/c1-23(21,22)16-9-5-8-15(12-16)18(20)19-17(14-10-11-14)13-6-3-2-4-7-13/h2-9,12,14,17H,10-11H2,1H3,(H,19,20)/t17-/m0/s1. The summed E-state index contributed by atoms with van der Waals surface area (Å²) in [6.45, 7) is 0. The van der Waals surface area contributed by atoms with Crippen molar-refractivity contribution in [2.24, 2.45) is 5.92 Å². The highest BCUT2D eigenvalue weighted by Crippen LogP contribution is 2.41. The summed E-state index contributed by atoms with van der Waals surface area (Å²) in [4.78, 5) is 12.7. The van der Waals surface area contributed by atoms with Gasteiger partial charge >= 0.3 is 0 Å². The fourth-order valence-electron chi connectivity index (χ4n) is 2.66. The fourth-order valence-corrected chi connectivity index (χ4v) is 3.32. The summed E-state index contributed by atoms with van der Waals surface area (Å²) in [5.41, 5.74) is 1.46. The summed E-state index contributed by atoms with van der Waals surface area (Å²) in [6.07, 6.45) is 3.34. The van der Waals surface area contributed by atoms with Gasteiger partial charge in [0.05, 0.1) is 10.9 Å². The van der Waals surface area contributed by atoms with Crippen LogP contribution in [0, 0.1) is 5.92 Å². The molecule has 0 radical (unpaired) electrons. The maximum absolute atomic E-state index is 12.5. The zero-order valence-corrected chi connectivity index (χ0v) is 13.7. The van der Waals surface area contributed by atoms with Crippen molar-refractivity contribution in [2.75, 3.05) is 6.26 Å². The fraction of sp³-hybridized carbons (Fsp3) is 0.278. The zero-order chi connectivity index (χ0) is 16.4. The van der Waals surface area contributed by atoms with Crippen molar-refractivity contribution in [3.63, 3.8) is 0 Å². The van der Waals surface area contributed by atoms with Crippen molar-refractivity contribution in [3.05, 3.63) is 65.7 Å². The van der Waals surface area contributed by atoms with Gasteiger partial charge in [0.15, 0.2) is 9.84 Å². The van der Waals surface area contributed by atoms with Crippen molar-refractivity contribution >= 4 is 15.7 Å². The third kappa shape index (κ3) is 3.79. The highest BCUT2D eigenvalue weighted by Gasteiger charge is 2.33. The number of amides is 1. The molecule has 3 rings (SSSR count). The van der Waals surface area contributed by atoms with Gasteiger partial charge in [0.2, 0.25) is 0 Å². The molecule has 1 fully saturated rings. The number of sulfone groups is 1. The largest absolute Gasteiger partial charge is 0.345 e. The third-order valence-electron chi connectivity index (χ3n) is 4.06. The highest BCUT2D eigenvalue weighted by atomic mass is 32.2. The molecule has 0 bridgehead atoms. The average Bonchev–Trinajstić information content (AvgIpc) is 3.37. The van der Waals surface area contributed by atoms with Crippen molar-refractivity contribution in [3.8, 4) is 0 Å². The van der Waals surface area contributed by atoms with Crippen molar-refractivity contribution in [1.82, 2.24) is 5.32 Å². The van der Waals surface area contributed by atoms with Crippen LogP contribution in [0.15, 0.2) is 59.5 Å². The Hall–Kier alpha value is -2.14. The minimum atomic E-state index is -3.32. The molecule has 0 saturated heterocycles. The number of nitrogens with one attached hydrogen (secondary N) is 1. The van der Waals surface area contributed by atoms with Crippen LogP contribution in [0.4, 0.5) is 0 Å². The Bertz CT molecular complexity index is 811. The first-order valence-corrected chi connectivity index (χ1v) is 9.50. The number of benzene rings is 2. The molecule has 1 aliphatic carbocycles. The van der Waals surface area contributed by atoms with E-state index in [1.165, 1.54) is 12.1 Å². The number of carbonyl (C=O) groups is 1. The van der Waals surface area contributed by atoms with E-state index in [0.29, 0.717) is 11.5 Å². The molecular formula is C18H19NO3S. The maximum atomic E-state index is 12.5. The Labute approximate surface area is 136 Å². The molecule has 23 heavy (non-hydrogen) atoms. The minimum absolute atomic E-state index is 0.0226. The smallest absolute Gasteiger partial charge is 0.251 e. The van der Waals surface area contributed by atoms with Gasteiger partial charge in [-0.25, -0.2) is 8.42 Å². The van der Waals surface area contributed by atoms with Gasteiger partial charge in [0, 0.05) is 11.8 Å². The molecule has 0 aliphatic heterocycles. The molecule has 1 atom stereocenters. The summed E-state index contributed by atoms with van der Waals surface area (Å²) in [7, 11) is -3.32. The van der Waals surface area contributed by atoms with Gasteiger partial charge in [-0.15, -0.1) is 0 Å². The molecule has 2 aromatic carbocycles. The van der Waals surface area contributed by atoms with Gasteiger partial charge in [-0.1, -0.05) is 36.4 Å². The molecule has 0 aromatic heterocycles. The maximum Gasteiger partial charge on any atom is 0.251 e. The second-order valence-corrected chi connectivity index (χ2v) is 8.01. The summed E-state index contributed by atoms with van der Waals surface area (Å²) in [5, 5.41) is 3.06. The quantitative estimate of drug-likeness (QED) is 0.917. The molecular weight excluding hydrogens is 310 g/mol. The molecule has 5 heteroatoms. The van der Waals surface area contributed by atoms with Crippen LogP contribution in [-0.4, -0.2) is 20.6 Å². The lowest BCUT2D eigenvalue weighted by atomic mass is 10.0. The number of hydrogen-bond donors (Lipinski definition) is 1. The van der Waals surface area contributed by atoms with Crippen LogP contribution in [0.5, 0.6) is 0 Å². The first-order chi connectivity index (χ1) is 10.9. The zero-order valence-electron chi connectivity index (χ0n) is 12.9. The summed E-state index contributed by atoms with van der Waals surface area (Å²) in [5.74, 6) is 0.218. The van der Waals surface area contributed by atoms with Crippen LogP contribution in [0.25, 0.3) is 0 Å². The molecule has 0 unspecified atom stereocenters. The third-order valence-corrected chi connectivity index (χ3v) is 5.17. The molecule has 120 valence electrons. The monoisotopic (exact) mass is 329 g/mol. The van der Waals surface area contributed by atoms with E-state index in [4.69, 9.17) is 0 Å². The molecule has 1 aliphatic rings. The van der Waals surface area contributed by atoms with Gasteiger partial charge in [-0.2, -0.15) is 0 Å². The average molecular weight is 329 g/mol. The normalized spacial score (nSPS) is 15.9. The Balaban J connectivity index is 1.83. The van der Waals surface area contributed by atoms with Gasteiger partial charge < -0.3 is 5.32 Å². The van der Waals surface area contributed by atoms with E-state index in [0.717, 1.165) is 24.7 Å². The van der Waals surface area contributed by atoms with Crippen molar-refractivity contribution in [1.29, 1.82) is 0 Å². The van der Waals surface area contributed by atoms with E-state index in [9.17, 15) is 13.2 Å². The Morgan fingerprint density at radius 2 is 1.78 bits per heavy atom. The SMILES string of the molecule is CS(=O)(=O)c1cccc(C(=O)N[C@@H](c2ccccc2)C2CC2)c1. The molecule has 1 N–H and O–H groups in total. The van der Waals surface area contributed by atoms with Crippen LogP contribution < -0.4 is 5.32 Å². The van der Waals surface area contributed by atoms with Crippen LogP contribution in [0.3, 0.4) is 0 Å². The van der Waals surface area contributed by atoms with E-state index in [2.05, 4.69) is 5.32 Å². The van der Waals surface area contributed by atoms with Crippen LogP contribution >= 0.6 is 0 Å². The van der Waals surface area contributed by atoms with Crippen molar-refractivity contribution < 1.29 is 13.2 Å². The lowest BCUT2D eigenvalue weighted by Crippen LogP contribution is -2.30. The van der Waals surface area contributed by atoms with Gasteiger partial charge in [-0.3, -0.25) is 4.79 Å². The summed E-state index contributed by atoms with van der Waals surface area (Å²) in [6, 6.07) is 16.0. The second-order valence-electron chi connectivity index (χ2n) is 6.00. The van der Waals surface area contributed by atoms with Crippen molar-refractivity contribution in [2.45, 2.75) is 23.8 Å². The predicted molar refractivity (Wildman–Crippen MR) is 88.9 cm³/mol. The van der Waals surface area contributed by atoms with E-state index >= 15 is 0 Å².